The molecule has 1 fully saturated rings. The number of aromatic nitrogens is 2. The van der Waals surface area contributed by atoms with Gasteiger partial charge in [-0.25, -0.2) is 0 Å². The van der Waals surface area contributed by atoms with Crippen LogP contribution in [0.3, 0.4) is 0 Å². The largest absolute Gasteiger partial charge is 0.367 e. The number of ketones is 1. The lowest BCUT2D eigenvalue weighted by Gasteiger charge is -2.35. The van der Waals surface area contributed by atoms with Crippen LogP contribution in [0.25, 0.3) is 0 Å². The first-order valence-electron chi connectivity index (χ1n) is 7.35. The van der Waals surface area contributed by atoms with Crippen LogP contribution in [0.15, 0.2) is 0 Å². The number of Topliss-reactive ketones (excluding diaryl/α,β-unsaturated/α-hetero) is 1. The van der Waals surface area contributed by atoms with Crippen LogP contribution in [-0.4, -0.2) is 27.8 Å². The smallest absolute Gasteiger partial charge is 0.169 e. The van der Waals surface area contributed by atoms with Gasteiger partial charge in [0.25, 0.3) is 0 Å². The first kappa shape index (κ1) is 15.5. The van der Waals surface area contributed by atoms with Crippen LogP contribution >= 0.6 is 11.6 Å². The third-order valence-corrected chi connectivity index (χ3v) is 4.67. The summed E-state index contributed by atoms with van der Waals surface area (Å²) in [5.74, 6) is 0.150. The molecule has 2 rings (SSSR count). The van der Waals surface area contributed by atoms with Crippen LogP contribution in [-0.2, 0) is 23.0 Å². The fourth-order valence-corrected chi connectivity index (χ4v) is 3.34. The quantitative estimate of drug-likeness (QED) is 0.838. The second kappa shape index (κ2) is 6.27. The van der Waals surface area contributed by atoms with Gasteiger partial charge in [0.1, 0.15) is 10.8 Å². The first-order valence-corrected chi connectivity index (χ1v) is 7.73. The predicted octanol–water partition coefficient (Wildman–Crippen LogP) is 3.23. The van der Waals surface area contributed by atoms with Crippen molar-refractivity contribution in [2.75, 3.05) is 6.61 Å². The normalized spacial score (nSPS) is 18.2. The van der Waals surface area contributed by atoms with Gasteiger partial charge in [-0.3, -0.25) is 9.48 Å². The van der Waals surface area contributed by atoms with Crippen LogP contribution in [0.2, 0.25) is 5.15 Å². The molecule has 0 aliphatic heterocycles. The molecule has 0 N–H and O–H groups in total. The number of aryl methyl sites for hydroxylation is 2. The summed E-state index contributed by atoms with van der Waals surface area (Å²) in [5, 5.41) is 4.82. The van der Waals surface area contributed by atoms with Gasteiger partial charge in [-0.2, -0.15) is 5.10 Å². The molecule has 1 heterocycles. The zero-order valence-electron chi connectivity index (χ0n) is 12.5. The van der Waals surface area contributed by atoms with Crippen molar-refractivity contribution in [3.05, 3.63) is 16.4 Å². The Labute approximate surface area is 125 Å². The summed E-state index contributed by atoms with van der Waals surface area (Å²) in [4.78, 5) is 12.8. The topological polar surface area (TPSA) is 44.1 Å². The Morgan fingerprint density at radius 2 is 2.05 bits per heavy atom. The van der Waals surface area contributed by atoms with E-state index < -0.39 is 5.60 Å². The SMILES string of the molecule is CCOC1(C(=O)Cc2c(C)nn(C)c2Cl)CCCCC1. The third-order valence-electron chi connectivity index (χ3n) is 4.20. The lowest BCUT2D eigenvalue weighted by Crippen LogP contribution is -2.44. The van der Waals surface area contributed by atoms with Crippen molar-refractivity contribution in [1.29, 1.82) is 0 Å². The van der Waals surface area contributed by atoms with Gasteiger partial charge in [0.15, 0.2) is 5.78 Å². The van der Waals surface area contributed by atoms with Gasteiger partial charge in [0, 0.05) is 25.6 Å². The molecule has 112 valence electrons. The summed E-state index contributed by atoms with van der Waals surface area (Å²) in [5.41, 5.74) is 1.07. The van der Waals surface area contributed by atoms with Crippen molar-refractivity contribution in [3.63, 3.8) is 0 Å². The van der Waals surface area contributed by atoms with E-state index in [9.17, 15) is 4.79 Å². The molecule has 20 heavy (non-hydrogen) atoms. The summed E-state index contributed by atoms with van der Waals surface area (Å²) in [6, 6.07) is 0. The number of hydrogen-bond acceptors (Lipinski definition) is 3. The summed E-state index contributed by atoms with van der Waals surface area (Å²) in [6.45, 7) is 4.42. The van der Waals surface area contributed by atoms with Gasteiger partial charge in [-0.15, -0.1) is 0 Å². The van der Waals surface area contributed by atoms with Crippen LogP contribution in [0, 0.1) is 6.92 Å². The summed E-state index contributed by atoms with van der Waals surface area (Å²) < 4.78 is 7.49. The van der Waals surface area contributed by atoms with E-state index in [-0.39, 0.29) is 5.78 Å². The molecule has 1 aliphatic rings. The lowest BCUT2D eigenvalue weighted by molar-refractivity contribution is -0.148. The molecule has 0 saturated heterocycles. The highest BCUT2D eigenvalue weighted by Crippen LogP contribution is 2.34. The molecule has 1 saturated carbocycles. The van der Waals surface area contributed by atoms with Crippen molar-refractivity contribution in [1.82, 2.24) is 9.78 Å². The van der Waals surface area contributed by atoms with E-state index in [1.165, 1.54) is 6.42 Å². The van der Waals surface area contributed by atoms with Crippen molar-refractivity contribution < 1.29 is 9.53 Å². The molecule has 0 aromatic carbocycles. The Bertz CT molecular complexity index is 485. The predicted molar refractivity (Wildman–Crippen MR) is 79.1 cm³/mol. The molecule has 0 unspecified atom stereocenters. The number of rotatable bonds is 5. The highest BCUT2D eigenvalue weighted by atomic mass is 35.5. The molecule has 5 heteroatoms. The number of hydrogen-bond donors (Lipinski definition) is 0. The standard InChI is InChI=1S/C15H23ClN2O2/c1-4-20-15(8-6-5-7-9-15)13(19)10-12-11(2)17-18(3)14(12)16/h4-10H2,1-3H3. The number of carbonyl (C=O) groups excluding carboxylic acids is 1. The van der Waals surface area contributed by atoms with E-state index >= 15 is 0 Å². The molecular weight excluding hydrogens is 276 g/mol. The fourth-order valence-electron chi connectivity index (χ4n) is 3.10. The van der Waals surface area contributed by atoms with Gasteiger partial charge < -0.3 is 4.74 Å². The van der Waals surface area contributed by atoms with Gasteiger partial charge in [0.05, 0.1) is 5.69 Å². The molecule has 0 bridgehead atoms. The summed E-state index contributed by atoms with van der Waals surface area (Å²) in [6.07, 6.45) is 5.29. The Morgan fingerprint density at radius 1 is 1.40 bits per heavy atom. The highest BCUT2D eigenvalue weighted by Gasteiger charge is 2.40. The molecule has 1 aromatic rings. The molecule has 0 radical (unpaired) electrons. The number of nitrogens with zero attached hydrogens (tertiary/aromatic N) is 2. The average molecular weight is 299 g/mol. The maximum absolute atomic E-state index is 12.8. The van der Waals surface area contributed by atoms with Crippen molar-refractivity contribution >= 4 is 17.4 Å². The van der Waals surface area contributed by atoms with Crippen molar-refractivity contribution in [2.24, 2.45) is 7.05 Å². The molecule has 0 atom stereocenters. The Balaban J connectivity index is 2.20. The zero-order chi connectivity index (χ0) is 14.8. The second-order valence-electron chi connectivity index (χ2n) is 5.57. The van der Waals surface area contributed by atoms with E-state index in [4.69, 9.17) is 16.3 Å². The average Bonchev–Trinajstić information content (AvgIpc) is 2.67. The van der Waals surface area contributed by atoms with Crippen LogP contribution in [0.1, 0.15) is 50.3 Å². The second-order valence-corrected chi connectivity index (χ2v) is 5.92. The van der Waals surface area contributed by atoms with Gasteiger partial charge in [-0.05, 0) is 26.7 Å². The van der Waals surface area contributed by atoms with Crippen LogP contribution < -0.4 is 0 Å². The Kier molecular flexibility index (Phi) is 4.86. The monoisotopic (exact) mass is 298 g/mol. The minimum atomic E-state index is -0.599. The maximum Gasteiger partial charge on any atom is 0.169 e. The minimum absolute atomic E-state index is 0.150. The maximum atomic E-state index is 12.8. The molecule has 0 spiro atoms. The lowest BCUT2D eigenvalue weighted by atomic mass is 9.79. The van der Waals surface area contributed by atoms with Crippen molar-refractivity contribution in [3.8, 4) is 0 Å². The van der Waals surface area contributed by atoms with Crippen LogP contribution in [0.4, 0.5) is 0 Å². The van der Waals surface area contributed by atoms with Gasteiger partial charge in [-0.1, -0.05) is 30.9 Å². The zero-order valence-corrected chi connectivity index (χ0v) is 13.3. The molecule has 0 amide bonds. The minimum Gasteiger partial charge on any atom is -0.367 e. The highest BCUT2D eigenvalue weighted by molar-refractivity contribution is 6.30. The summed E-state index contributed by atoms with van der Waals surface area (Å²) in [7, 11) is 1.79. The van der Waals surface area contributed by atoms with E-state index in [2.05, 4.69) is 5.10 Å². The number of ether oxygens (including phenoxy) is 1. The van der Waals surface area contributed by atoms with Crippen molar-refractivity contribution in [2.45, 2.75) is 58.0 Å². The Hall–Kier alpha value is -0.870. The molecule has 1 aromatic heterocycles. The fraction of sp³-hybridized carbons (Fsp3) is 0.733. The number of halogens is 1. The number of carbonyl (C=O) groups is 1. The van der Waals surface area contributed by atoms with E-state index in [1.807, 2.05) is 13.8 Å². The van der Waals surface area contributed by atoms with Gasteiger partial charge >= 0.3 is 0 Å². The first-order chi connectivity index (χ1) is 9.50. The van der Waals surface area contributed by atoms with E-state index in [0.29, 0.717) is 18.2 Å². The van der Waals surface area contributed by atoms with E-state index in [0.717, 1.165) is 36.9 Å². The molecule has 1 aliphatic carbocycles. The molecular formula is C15H23ClN2O2. The van der Waals surface area contributed by atoms with Gasteiger partial charge in [0.2, 0.25) is 0 Å². The Morgan fingerprint density at radius 3 is 2.55 bits per heavy atom. The third kappa shape index (κ3) is 2.91. The summed E-state index contributed by atoms with van der Waals surface area (Å²) >= 11 is 6.23. The van der Waals surface area contributed by atoms with Crippen LogP contribution in [0.5, 0.6) is 0 Å². The van der Waals surface area contributed by atoms with E-state index in [1.54, 1.807) is 11.7 Å². The molecule has 4 nitrogen and oxygen atoms in total.